The Morgan fingerprint density at radius 1 is 0.938 bits per heavy atom. The Kier molecular flexibility index (Phi) is 10.1. The first kappa shape index (κ1) is 35.1. The van der Waals surface area contributed by atoms with Crippen LogP contribution in [0, 0.1) is 0 Å². The van der Waals surface area contributed by atoms with Gasteiger partial charge in [0.25, 0.3) is 15.7 Å². The first-order valence-corrected chi connectivity index (χ1v) is 17.6. The number of methoxy groups -OCH3 is 1. The maximum Gasteiger partial charge on any atom is 0.501 e. The number of nitrogens with zero attached hydrogens (tertiary/aromatic N) is 2. The van der Waals surface area contributed by atoms with Crippen LogP contribution in [0.1, 0.15) is 12.5 Å². The highest BCUT2D eigenvalue weighted by Gasteiger charge is 2.47. The average Bonchev–Trinajstić information content (AvgIpc) is 3.45. The lowest BCUT2D eigenvalue weighted by atomic mass is 9.99. The van der Waals surface area contributed by atoms with E-state index in [1.807, 2.05) is 18.2 Å². The number of carbonyl (C=O) groups is 2. The summed E-state index contributed by atoms with van der Waals surface area (Å²) >= 11 is 0. The first-order chi connectivity index (χ1) is 22.6. The number of alkyl halides is 3. The lowest BCUT2D eigenvalue weighted by Gasteiger charge is -2.40. The van der Waals surface area contributed by atoms with Crippen molar-refractivity contribution in [2.75, 3.05) is 31.6 Å². The third kappa shape index (κ3) is 7.43. The first-order valence-electron chi connectivity index (χ1n) is 14.6. The zero-order chi connectivity index (χ0) is 34.9. The smallest absolute Gasteiger partial charge is 0.497 e. The highest BCUT2D eigenvalue weighted by Crippen LogP contribution is 2.32. The molecule has 0 aliphatic carbocycles. The number of hydrogen-bond donors (Lipinski definition) is 1. The Hall–Kier alpha value is -4.19. The van der Waals surface area contributed by atoms with E-state index in [2.05, 4.69) is 5.32 Å². The molecular weight excluding hydrogens is 679 g/mol. The Morgan fingerprint density at radius 2 is 1.56 bits per heavy atom. The molecule has 0 spiro atoms. The number of anilines is 1. The van der Waals surface area contributed by atoms with Crippen LogP contribution >= 0.6 is 0 Å². The minimum atomic E-state index is -5.60. The quantitative estimate of drug-likeness (QED) is 0.334. The maximum absolute atomic E-state index is 13.6. The van der Waals surface area contributed by atoms with Gasteiger partial charge in [-0.05, 0) is 67.4 Å². The topological polar surface area (TPSA) is 149 Å². The molecule has 5 rings (SSSR count). The third-order valence-corrected chi connectivity index (χ3v) is 11.2. The SMILES string of the molecule is COc1ccc(S(=O)(=O)N2CC(C)O[C@@H]([C@H](Cc3ccccc3)NC(=O)[C@@H]3CN(c4ccc(S(=O)(=O)C(F)(F)F)cc4)C(=O)O3)C2)cc1. The Balaban J connectivity index is 1.34. The molecule has 2 aliphatic rings. The van der Waals surface area contributed by atoms with Crippen LogP contribution in [0.2, 0.25) is 0 Å². The fourth-order valence-corrected chi connectivity index (χ4v) is 7.72. The molecular formula is C31H32F3N3O9S2. The van der Waals surface area contributed by atoms with E-state index in [1.165, 1.54) is 35.7 Å². The van der Waals surface area contributed by atoms with Crippen LogP contribution in [-0.2, 0) is 40.5 Å². The van der Waals surface area contributed by atoms with Gasteiger partial charge in [0.2, 0.25) is 10.0 Å². The van der Waals surface area contributed by atoms with E-state index in [1.54, 1.807) is 19.1 Å². The minimum Gasteiger partial charge on any atom is -0.497 e. The maximum atomic E-state index is 13.6. The van der Waals surface area contributed by atoms with Crippen LogP contribution in [0.15, 0.2) is 88.7 Å². The van der Waals surface area contributed by atoms with Crippen molar-refractivity contribution in [3.05, 3.63) is 84.4 Å². The molecule has 0 bridgehead atoms. The minimum absolute atomic E-state index is 0.0149. The van der Waals surface area contributed by atoms with Gasteiger partial charge in [0, 0.05) is 18.8 Å². The summed E-state index contributed by atoms with van der Waals surface area (Å²) in [6.45, 7) is 1.36. The Bertz CT molecular complexity index is 1840. The van der Waals surface area contributed by atoms with Crippen LogP contribution < -0.4 is 15.0 Å². The number of ether oxygens (including phenoxy) is 3. The highest BCUT2D eigenvalue weighted by atomic mass is 32.2. The molecule has 2 fully saturated rings. The largest absolute Gasteiger partial charge is 0.501 e. The van der Waals surface area contributed by atoms with Crippen LogP contribution in [0.4, 0.5) is 23.7 Å². The van der Waals surface area contributed by atoms with E-state index in [0.29, 0.717) is 17.9 Å². The number of nitrogens with one attached hydrogen (secondary N) is 1. The summed E-state index contributed by atoms with van der Waals surface area (Å²) in [5.74, 6) is -0.222. The number of sulfonamides is 1. The normalized spacial score (nSPS) is 21.4. The number of cyclic esters (lactones) is 1. The number of carbonyl (C=O) groups excluding carboxylic acids is 2. The molecule has 3 aromatic carbocycles. The summed E-state index contributed by atoms with van der Waals surface area (Å²) in [6.07, 6.45) is -3.45. The van der Waals surface area contributed by atoms with Crippen LogP contribution in [-0.4, -0.2) is 89.7 Å². The molecule has 0 aromatic heterocycles. The van der Waals surface area contributed by atoms with Gasteiger partial charge >= 0.3 is 11.6 Å². The van der Waals surface area contributed by atoms with E-state index in [-0.39, 0.29) is 36.6 Å². The number of rotatable bonds is 10. The second-order valence-electron chi connectivity index (χ2n) is 11.2. The zero-order valence-corrected chi connectivity index (χ0v) is 27.3. The molecule has 258 valence electrons. The number of sulfone groups is 1. The molecule has 17 heteroatoms. The summed E-state index contributed by atoms with van der Waals surface area (Å²) in [5, 5.41) is 2.85. The van der Waals surface area contributed by atoms with Crippen molar-refractivity contribution in [1.29, 1.82) is 0 Å². The molecule has 3 aromatic rings. The summed E-state index contributed by atoms with van der Waals surface area (Å²) in [6, 6.07) is 17.7. The fourth-order valence-electron chi connectivity index (χ4n) is 5.43. The van der Waals surface area contributed by atoms with Crippen molar-refractivity contribution in [3.63, 3.8) is 0 Å². The lowest BCUT2D eigenvalue weighted by Crippen LogP contribution is -2.58. The predicted octanol–water partition coefficient (Wildman–Crippen LogP) is 3.52. The number of amides is 2. The summed E-state index contributed by atoms with van der Waals surface area (Å²) in [4.78, 5) is 26.3. The van der Waals surface area contributed by atoms with Crippen LogP contribution in [0.3, 0.4) is 0 Å². The van der Waals surface area contributed by atoms with Gasteiger partial charge in [0.15, 0.2) is 6.10 Å². The van der Waals surface area contributed by atoms with Crippen molar-refractivity contribution in [1.82, 2.24) is 9.62 Å². The van der Waals surface area contributed by atoms with Crippen molar-refractivity contribution >= 4 is 37.5 Å². The molecule has 1 unspecified atom stereocenters. The molecule has 0 radical (unpaired) electrons. The van der Waals surface area contributed by atoms with E-state index >= 15 is 0 Å². The molecule has 2 amide bonds. The van der Waals surface area contributed by atoms with E-state index in [4.69, 9.17) is 14.2 Å². The van der Waals surface area contributed by atoms with Gasteiger partial charge < -0.3 is 19.5 Å². The lowest BCUT2D eigenvalue weighted by molar-refractivity contribution is -0.131. The Morgan fingerprint density at radius 3 is 2.17 bits per heavy atom. The van der Waals surface area contributed by atoms with Crippen LogP contribution in [0.5, 0.6) is 5.75 Å². The molecule has 48 heavy (non-hydrogen) atoms. The van der Waals surface area contributed by atoms with Gasteiger partial charge in [0.1, 0.15) is 5.75 Å². The Labute approximate surface area is 275 Å². The van der Waals surface area contributed by atoms with Gasteiger partial charge in [-0.2, -0.15) is 17.5 Å². The van der Waals surface area contributed by atoms with Gasteiger partial charge in [-0.25, -0.2) is 21.6 Å². The molecule has 1 N–H and O–H groups in total. The predicted molar refractivity (Wildman–Crippen MR) is 165 cm³/mol. The van der Waals surface area contributed by atoms with E-state index < -0.39 is 66.6 Å². The van der Waals surface area contributed by atoms with Crippen molar-refractivity contribution in [2.24, 2.45) is 0 Å². The van der Waals surface area contributed by atoms with Crippen molar-refractivity contribution in [2.45, 2.75) is 53.0 Å². The second kappa shape index (κ2) is 13.7. The van der Waals surface area contributed by atoms with Gasteiger partial charge in [-0.1, -0.05) is 30.3 Å². The number of benzene rings is 3. The molecule has 4 atom stereocenters. The van der Waals surface area contributed by atoms with Gasteiger partial charge in [-0.3, -0.25) is 9.69 Å². The average molecular weight is 712 g/mol. The second-order valence-corrected chi connectivity index (χ2v) is 15.1. The molecule has 12 nitrogen and oxygen atoms in total. The van der Waals surface area contributed by atoms with Crippen molar-refractivity contribution in [3.8, 4) is 5.75 Å². The molecule has 2 aliphatic heterocycles. The van der Waals surface area contributed by atoms with Gasteiger partial charge in [0.05, 0.1) is 41.7 Å². The summed E-state index contributed by atoms with van der Waals surface area (Å²) < 4.78 is 107. The summed E-state index contributed by atoms with van der Waals surface area (Å²) in [7, 11) is -8.09. The third-order valence-electron chi connectivity index (χ3n) is 7.89. The summed E-state index contributed by atoms with van der Waals surface area (Å²) in [5.41, 5.74) is -4.67. The highest BCUT2D eigenvalue weighted by molar-refractivity contribution is 7.92. The van der Waals surface area contributed by atoms with E-state index in [9.17, 15) is 39.6 Å². The molecule has 2 saturated heterocycles. The van der Waals surface area contributed by atoms with Crippen molar-refractivity contribution < 1.29 is 53.8 Å². The number of morpholine rings is 1. The molecule has 2 heterocycles. The number of hydrogen-bond acceptors (Lipinski definition) is 9. The number of halogens is 3. The van der Waals surface area contributed by atoms with E-state index in [0.717, 1.165) is 22.6 Å². The van der Waals surface area contributed by atoms with Crippen LogP contribution in [0.25, 0.3) is 0 Å². The molecule has 0 saturated carbocycles. The van der Waals surface area contributed by atoms with Gasteiger partial charge in [-0.15, -0.1) is 0 Å². The zero-order valence-electron chi connectivity index (χ0n) is 25.7. The standard InChI is InChI=1S/C31H32F3N3O9S2/c1-20-17-36(48(42,43)25-14-10-23(44-2)11-15-25)18-27(45-20)26(16-21-6-4-3-5-7-21)35-29(38)28-19-37(30(39)46-28)22-8-12-24(13-9-22)47(40,41)31(32,33)34/h3-15,20,26-28H,16-19H2,1-2H3,(H,35,38)/t20?,26-,27+,28-/m0/s1. The monoisotopic (exact) mass is 711 g/mol. The fraction of sp³-hybridized carbons (Fsp3) is 0.355.